The van der Waals surface area contributed by atoms with Gasteiger partial charge in [0.05, 0.1) is 5.92 Å². The minimum atomic E-state index is -4.22. The average Bonchev–Trinajstić information content (AvgIpc) is 2.26. The van der Waals surface area contributed by atoms with Crippen LogP contribution in [0.4, 0.5) is 5.69 Å². The first-order chi connectivity index (χ1) is 7.54. The summed E-state index contributed by atoms with van der Waals surface area (Å²) in [5.74, 6) is -0.813. The van der Waals surface area contributed by atoms with E-state index in [-0.39, 0.29) is 6.54 Å². The van der Waals surface area contributed by atoms with Crippen molar-refractivity contribution in [3.63, 3.8) is 0 Å². The first-order valence-electron chi connectivity index (χ1n) is 4.78. The van der Waals surface area contributed by atoms with Crippen molar-refractivity contribution in [1.82, 2.24) is 0 Å². The normalized spacial score (nSPS) is 24.3. The highest BCUT2D eigenvalue weighted by Gasteiger charge is 2.37. The lowest BCUT2D eigenvalue weighted by molar-refractivity contribution is -0.109. The van der Waals surface area contributed by atoms with Crippen molar-refractivity contribution >= 4 is 22.1 Å². The molecular formula is C10H11NO4S. The van der Waals surface area contributed by atoms with Gasteiger partial charge >= 0.3 is 0 Å². The Morgan fingerprint density at radius 2 is 2.06 bits per heavy atom. The second-order valence-electron chi connectivity index (χ2n) is 3.68. The van der Waals surface area contributed by atoms with E-state index >= 15 is 0 Å². The lowest BCUT2D eigenvalue weighted by Crippen LogP contribution is -2.39. The van der Waals surface area contributed by atoms with E-state index in [0.717, 1.165) is 5.69 Å². The van der Waals surface area contributed by atoms with Crippen LogP contribution in [-0.4, -0.2) is 31.1 Å². The average molecular weight is 241 g/mol. The molecule has 0 bridgehead atoms. The van der Waals surface area contributed by atoms with Gasteiger partial charge in [-0.05, 0) is 11.6 Å². The number of hydrogen-bond acceptors (Lipinski definition) is 4. The first-order valence-corrected chi connectivity index (χ1v) is 6.29. The molecule has 86 valence electrons. The van der Waals surface area contributed by atoms with E-state index in [1.54, 1.807) is 24.3 Å². The summed E-state index contributed by atoms with van der Waals surface area (Å²) in [6, 6.07) is 6.97. The van der Waals surface area contributed by atoms with Gasteiger partial charge in [-0.15, -0.1) is 0 Å². The van der Waals surface area contributed by atoms with Crippen molar-refractivity contribution in [2.45, 2.75) is 11.2 Å². The molecule has 0 saturated carbocycles. The molecule has 0 fully saturated rings. The summed E-state index contributed by atoms with van der Waals surface area (Å²) in [6.45, 7) is 0.0409. The van der Waals surface area contributed by atoms with Crippen LogP contribution in [0, 0.1) is 0 Å². The number of rotatable bonds is 2. The number of para-hydroxylation sites is 1. The lowest BCUT2D eigenvalue weighted by atomic mass is 9.92. The maximum Gasteiger partial charge on any atom is 0.270 e. The molecule has 0 spiro atoms. The minimum absolute atomic E-state index is 0.0409. The number of hydrogen-bond donors (Lipinski definition) is 2. The number of aldehydes is 1. The fourth-order valence-electron chi connectivity index (χ4n) is 1.94. The molecule has 0 radical (unpaired) electrons. The largest absolute Gasteiger partial charge is 0.383 e. The zero-order valence-corrected chi connectivity index (χ0v) is 9.15. The molecule has 5 nitrogen and oxygen atoms in total. The number of anilines is 1. The van der Waals surface area contributed by atoms with Crippen molar-refractivity contribution in [3.8, 4) is 0 Å². The van der Waals surface area contributed by atoms with Crippen LogP contribution >= 0.6 is 0 Å². The molecule has 6 heteroatoms. The summed E-state index contributed by atoms with van der Waals surface area (Å²) in [4.78, 5) is 11.0. The number of carbonyl (C=O) groups excluding carboxylic acids is 1. The van der Waals surface area contributed by atoms with Gasteiger partial charge in [0.1, 0.15) is 11.5 Å². The second-order valence-corrected chi connectivity index (χ2v) is 5.32. The van der Waals surface area contributed by atoms with Gasteiger partial charge in [0.15, 0.2) is 0 Å². The molecule has 0 aromatic heterocycles. The van der Waals surface area contributed by atoms with E-state index in [1.807, 2.05) is 0 Å². The van der Waals surface area contributed by atoms with Gasteiger partial charge in [-0.3, -0.25) is 4.55 Å². The van der Waals surface area contributed by atoms with E-state index in [9.17, 15) is 13.2 Å². The molecule has 16 heavy (non-hydrogen) atoms. The minimum Gasteiger partial charge on any atom is -0.383 e. The van der Waals surface area contributed by atoms with Crippen molar-refractivity contribution in [2.75, 3.05) is 11.9 Å². The Hall–Kier alpha value is -1.40. The predicted molar refractivity (Wildman–Crippen MR) is 59.1 cm³/mol. The number of nitrogens with one attached hydrogen (secondary N) is 1. The molecule has 1 aromatic rings. The summed E-state index contributed by atoms with van der Waals surface area (Å²) in [5, 5.41) is 1.77. The van der Waals surface area contributed by atoms with Crippen LogP contribution in [0.5, 0.6) is 0 Å². The maximum atomic E-state index is 11.1. The maximum absolute atomic E-state index is 11.1. The topological polar surface area (TPSA) is 83.5 Å². The third-order valence-corrected chi connectivity index (χ3v) is 3.97. The van der Waals surface area contributed by atoms with E-state index in [4.69, 9.17) is 4.55 Å². The molecule has 2 atom stereocenters. The summed E-state index contributed by atoms with van der Waals surface area (Å²) < 4.78 is 31.3. The van der Waals surface area contributed by atoms with Gasteiger partial charge in [-0.1, -0.05) is 18.2 Å². The van der Waals surface area contributed by atoms with E-state index in [2.05, 4.69) is 5.32 Å². The number of fused-ring (bicyclic) bond motifs is 1. The van der Waals surface area contributed by atoms with Gasteiger partial charge in [0.2, 0.25) is 0 Å². The van der Waals surface area contributed by atoms with Gasteiger partial charge in [-0.2, -0.15) is 8.42 Å². The van der Waals surface area contributed by atoms with Crippen molar-refractivity contribution in [2.24, 2.45) is 0 Å². The van der Waals surface area contributed by atoms with Crippen LogP contribution in [-0.2, 0) is 14.9 Å². The van der Waals surface area contributed by atoms with E-state index < -0.39 is 21.3 Å². The molecule has 1 aromatic carbocycles. The van der Waals surface area contributed by atoms with Crippen molar-refractivity contribution in [1.29, 1.82) is 0 Å². The van der Waals surface area contributed by atoms with Gasteiger partial charge in [0, 0.05) is 12.2 Å². The quantitative estimate of drug-likeness (QED) is 0.586. The smallest absolute Gasteiger partial charge is 0.270 e. The molecule has 2 unspecified atom stereocenters. The van der Waals surface area contributed by atoms with Gasteiger partial charge in [-0.25, -0.2) is 0 Å². The van der Waals surface area contributed by atoms with Crippen LogP contribution in [0.25, 0.3) is 0 Å². The summed E-state index contributed by atoms with van der Waals surface area (Å²) in [5.41, 5.74) is 1.34. The fourth-order valence-corrected chi connectivity index (χ4v) is 2.81. The Morgan fingerprint density at radius 3 is 2.69 bits per heavy atom. The van der Waals surface area contributed by atoms with Crippen LogP contribution in [0.15, 0.2) is 24.3 Å². The third-order valence-electron chi connectivity index (χ3n) is 2.74. The Bertz CT molecular complexity index is 511. The molecule has 0 aliphatic carbocycles. The van der Waals surface area contributed by atoms with Gasteiger partial charge in [0.25, 0.3) is 10.1 Å². The van der Waals surface area contributed by atoms with Crippen LogP contribution < -0.4 is 5.32 Å². The molecule has 0 amide bonds. The summed E-state index contributed by atoms with van der Waals surface area (Å²) >= 11 is 0. The molecular weight excluding hydrogens is 230 g/mol. The first kappa shape index (κ1) is 11.1. The van der Waals surface area contributed by atoms with E-state index in [0.29, 0.717) is 11.8 Å². The van der Waals surface area contributed by atoms with Crippen LogP contribution in [0.3, 0.4) is 0 Å². The Morgan fingerprint density at radius 1 is 1.38 bits per heavy atom. The van der Waals surface area contributed by atoms with Crippen molar-refractivity contribution in [3.05, 3.63) is 29.8 Å². The standard InChI is InChI=1S/C10H11NO4S/c12-6-8-7-3-1-2-4-9(7)11-5-10(8)16(13,14)15/h1-4,6,8,10-11H,5H2,(H,13,14,15). The zero-order chi connectivity index (χ0) is 11.8. The molecule has 0 saturated heterocycles. The highest BCUT2D eigenvalue weighted by Crippen LogP contribution is 2.32. The molecule has 2 rings (SSSR count). The highest BCUT2D eigenvalue weighted by molar-refractivity contribution is 7.86. The summed E-state index contributed by atoms with van der Waals surface area (Å²) in [6.07, 6.45) is 0.568. The number of carbonyl (C=O) groups is 1. The number of benzene rings is 1. The Kier molecular flexibility index (Phi) is 2.69. The second kappa shape index (κ2) is 3.88. The third kappa shape index (κ3) is 1.81. The fraction of sp³-hybridized carbons (Fsp3) is 0.300. The monoisotopic (exact) mass is 241 g/mol. The zero-order valence-electron chi connectivity index (χ0n) is 8.33. The van der Waals surface area contributed by atoms with Crippen LogP contribution in [0.1, 0.15) is 11.5 Å². The molecule has 1 heterocycles. The Balaban J connectivity index is 2.49. The van der Waals surface area contributed by atoms with Crippen LogP contribution in [0.2, 0.25) is 0 Å². The molecule has 2 N–H and O–H groups in total. The molecule has 1 aliphatic heterocycles. The molecule has 1 aliphatic rings. The Labute approximate surface area is 93.2 Å². The predicted octanol–water partition coefficient (Wildman–Crippen LogP) is 0.651. The van der Waals surface area contributed by atoms with Crippen molar-refractivity contribution < 1.29 is 17.8 Å². The lowest BCUT2D eigenvalue weighted by Gasteiger charge is -2.28. The van der Waals surface area contributed by atoms with E-state index in [1.165, 1.54) is 0 Å². The SMILES string of the molecule is O=CC1c2ccccc2NCC1S(=O)(=O)O. The highest BCUT2D eigenvalue weighted by atomic mass is 32.2. The summed E-state index contributed by atoms with van der Waals surface area (Å²) in [7, 11) is -4.22. The van der Waals surface area contributed by atoms with Gasteiger partial charge < -0.3 is 10.1 Å².